The standard InChI is InChI=1S/C17H20ClF3N2O3S/c1-27(25,26)23(12-4-5-14(18)13(8-12)17(19,20)21)9-16(24)22-15-7-10-2-3-11(15)6-10/h4-5,8,10-11,15H,2-3,6-7,9H2,1H3,(H,22,24)/t10-,11-,15+/m1/s1. The minimum atomic E-state index is -4.73. The van der Waals surface area contributed by atoms with Crippen LogP contribution in [0.25, 0.3) is 0 Å². The zero-order valence-electron chi connectivity index (χ0n) is 14.6. The number of alkyl halides is 3. The lowest BCUT2D eigenvalue weighted by Crippen LogP contribution is -2.45. The Morgan fingerprint density at radius 1 is 1.30 bits per heavy atom. The number of nitrogens with zero attached hydrogens (tertiary/aromatic N) is 1. The third-order valence-corrected chi connectivity index (χ3v) is 6.79. The van der Waals surface area contributed by atoms with Gasteiger partial charge in [0.25, 0.3) is 0 Å². The van der Waals surface area contributed by atoms with E-state index in [1.807, 2.05) is 0 Å². The molecule has 3 atom stereocenters. The minimum absolute atomic E-state index is 0.00798. The van der Waals surface area contributed by atoms with E-state index in [1.165, 1.54) is 0 Å². The van der Waals surface area contributed by atoms with Gasteiger partial charge in [-0.2, -0.15) is 13.2 Å². The van der Waals surface area contributed by atoms with Gasteiger partial charge < -0.3 is 5.32 Å². The second-order valence-electron chi connectivity index (χ2n) is 7.28. The zero-order chi connectivity index (χ0) is 20.0. The summed E-state index contributed by atoms with van der Waals surface area (Å²) in [6.45, 7) is -0.578. The summed E-state index contributed by atoms with van der Waals surface area (Å²) in [5, 5.41) is 2.31. The van der Waals surface area contributed by atoms with Crippen LogP contribution in [0, 0.1) is 11.8 Å². The van der Waals surface area contributed by atoms with Crippen molar-refractivity contribution in [2.75, 3.05) is 17.1 Å². The van der Waals surface area contributed by atoms with Gasteiger partial charge in [0.2, 0.25) is 15.9 Å². The Balaban J connectivity index is 1.80. The van der Waals surface area contributed by atoms with E-state index in [0.29, 0.717) is 22.2 Å². The fourth-order valence-electron chi connectivity index (χ4n) is 4.09. The number of amides is 1. The molecule has 2 saturated carbocycles. The number of carbonyl (C=O) groups excluding carboxylic acids is 1. The number of rotatable bonds is 5. The van der Waals surface area contributed by atoms with E-state index in [2.05, 4.69) is 5.32 Å². The average Bonchev–Trinajstić information content (AvgIpc) is 3.14. The molecule has 0 heterocycles. The van der Waals surface area contributed by atoms with Crippen molar-refractivity contribution in [3.63, 3.8) is 0 Å². The SMILES string of the molecule is CS(=O)(=O)N(CC(=O)N[C@H]1C[C@@H]2CC[C@@H]1C2)c1ccc(Cl)c(C(F)(F)F)c1. The van der Waals surface area contributed by atoms with Gasteiger partial charge >= 0.3 is 6.18 Å². The van der Waals surface area contributed by atoms with Crippen molar-refractivity contribution >= 4 is 33.2 Å². The van der Waals surface area contributed by atoms with Gasteiger partial charge in [-0.05, 0) is 49.3 Å². The number of benzene rings is 1. The van der Waals surface area contributed by atoms with Crippen molar-refractivity contribution in [2.45, 2.75) is 37.9 Å². The first kappa shape index (κ1) is 20.3. The molecule has 0 aliphatic heterocycles. The fraction of sp³-hybridized carbons (Fsp3) is 0.588. The number of sulfonamides is 1. The topological polar surface area (TPSA) is 66.5 Å². The molecule has 1 N–H and O–H groups in total. The summed E-state index contributed by atoms with van der Waals surface area (Å²) in [6.07, 6.45) is 0.234. The van der Waals surface area contributed by atoms with Crippen LogP contribution in [0.1, 0.15) is 31.2 Å². The van der Waals surface area contributed by atoms with E-state index in [4.69, 9.17) is 11.6 Å². The Bertz CT molecular complexity index is 844. The van der Waals surface area contributed by atoms with E-state index < -0.39 is 39.2 Å². The van der Waals surface area contributed by atoms with Gasteiger partial charge in [0, 0.05) is 6.04 Å². The highest BCUT2D eigenvalue weighted by Crippen LogP contribution is 2.44. The molecule has 2 fully saturated rings. The number of hydrogen-bond donors (Lipinski definition) is 1. The molecule has 1 aromatic rings. The summed E-state index contributed by atoms with van der Waals surface area (Å²) in [7, 11) is -3.97. The lowest BCUT2D eigenvalue weighted by Gasteiger charge is -2.26. The number of carbonyl (C=O) groups is 1. The van der Waals surface area contributed by atoms with Crippen LogP contribution in [-0.2, 0) is 21.0 Å². The van der Waals surface area contributed by atoms with Gasteiger partial charge in [-0.15, -0.1) is 0 Å². The summed E-state index contributed by atoms with van der Waals surface area (Å²) in [5.74, 6) is 0.469. The van der Waals surface area contributed by atoms with Gasteiger partial charge in [0.15, 0.2) is 0 Å². The Labute approximate surface area is 160 Å². The van der Waals surface area contributed by atoms with Gasteiger partial charge in [0.05, 0.1) is 22.5 Å². The molecule has 2 aliphatic carbocycles. The normalized spacial score (nSPS) is 24.9. The number of anilines is 1. The predicted octanol–water partition coefficient (Wildman–Crippen LogP) is 3.43. The van der Waals surface area contributed by atoms with E-state index in [0.717, 1.165) is 44.1 Å². The van der Waals surface area contributed by atoms with Crippen molar-refractivity contribution in [3.05, 3.63) is 28.8 Å². The molecule has 27 heavy (non-hydrogen) atoms. The molecule has 2 bridgehead atoms. The van der Waals surface area contributed by atoms with Crippen molar-refractivity contribution in [3.8, 4) is 0 Å². The Kier molecular flexibility index (Phi) is 5.37. The lowest BCUT2D eigenvalue weighted by molar-refractivity contribution is -0.137. The second kappa shape index (κ2) is 7.16. The average molecular weight is 425 g/mol. The molecule has 150 valence electrons. The highest BCUT2D eigenvalue weighted by Gasteiger charge is 2.40. The van der Waals surface area contributed by atoms with Gasteiger partial charge in [-0.3, -0.25) is 9.10 Å². The van der Waals surface area contributed by atoms with Crippen LogP contribution in [0.4, 0.5) is 18.9 Å². The largest absolute Gasteiger partial charge is 0.417 e. The maximum absolute atomic E-state index is 13.1. The molecule has 0 aromatic heterocycles. The zero-order valence-corrected chi connectivity index (χ0v) is 16.2. The van der Waals surface area contributed by atoms with E-state index in [-0.39, 0.29) is 11.7 Å². The molecule has 0 spiro atoms. The van der Waals surface area contributed by atoms with Crippen LogP contribution < -0.4 is 9.62 Å². The minimum Gasteiger partial charge on any atom is -0.352 e. The van der Waals surface area contributed by atoms with Crippen molar-refractivity contribution in [2.24, 2.45) is 11.8 Å². The molecule has 0 radical (unpaired) electrons. The predicted molar refractivity (Wildman–Crippen MR) is 96.0 cm³/mol. The Morgan fingerprint density at radius 3 is 2.52 bits per heavy atom. The molecule has 3 rings (SSSR count). The van der Waals surface area contributed by atoms with Crippen LogP contribution in [0.3, 0.4) is 0 Å². The highest BCUT2D eigenvalue weighted by atomic mass is 35.5. The Hall–Kier alpha value is -1.48. The summed E-state index contributed by atoms with van der Waals surface area (Å²) in [6, 6.07) is 2.79. The van der Waals surface area contributed by atoms with Crippen molar-refractivity contribution in [1.82, 2.24) is 5.32 Å². The van der Waals surface area contributed by atoms with Crippen molar-refractivity contribution in [1.29, 1.82) is 0 Å². The molecule has 0 unspecified atom stereocenters. The molecule has 1 amide bonds. The van der Waals surface area contributed by atoms with Gasteiger partial charge in [-0.1, -0.05) is 18.0 Å². The van der Waals surface area contributed by atoms with Gasteiger partial charge in [-0.25, -0.2) is 8.42 Å². The third kappa shape index (κ3) is 4.51. The molecular weight excluding hydrogens is 405 g/mol. The summed E-state index contributed by atoms with van der Waals surface area (Å²) in [4.78, 5) is 12.4. The van der Waals surface area contributed by atoms with Crippen molar-refractivity contribution < 1.29 is 26.4 Å². The van der Waals surface area contributed by atoms with Crippen LogP contribution in [0.2, 0.25) is 5.02 Å². The monoisotopic (exact) mass is 424 g/mol. The fourth-order valence-corrected chi connectivity index (χ4v) is 5.16. The first-order valence-corrected chi connectivity index (χ1v) is 10.8. The third-order valence-electron chi connectivity index (χ3n) is 5.32. The van der Waals surface area contributed by atoms with E-state index in [1.54, 1.807) is 0 Å². The summed E-state index contributed by atoms with van der Waals surface area (Å²) in [5.41, 5.74) is -1.40. The highest BCUT2D eigenvalue weighted by molar-refractivity contribution is 7.92. The second-order valence-corrected chi connectivity index (χ2v) is 9.59. The summed E-state index contributed by atoms with van der Waals surface area (Å²) >= 11 is 5.59. The lowest BCUT2D eigenvalue weighted by atomic mass is 9.95. The Morgan fingerprint density at radius 2 is 2.00 bits per heavy atom. The molecule has 1 aromatic carbocycles. The van der Waals surface area contributed by atoms with E-state index >= 15 is 0 Å². The first-order chi connectivity index (χ1) is 12.4. The maximum atomic E-state index is 13.1. The van der Waals surface area contributed by atoms with Crippen LogP contribution in [-0.4, -0.2) is 33.2 Å². The first-order valence-electron chi connectivity index (χ1n) is 8.59. The number of nitrogens with one attached hydrogen (secondary N) is 1. The smallest absolute Gasteiger partial charge is 0.352 e. The molecule has 2 aliphatic rings. The van der Waals surface area contributed by atoms with Crippen LogP contribution >= 0.6 is 11.6 Å². The quantitative estimate of drug-likeness (QED) is 0.787. The molecule has 0 saturated heterocycles. The number of hydrogen-bond acceptors (Lipinski definition) is 3. The summed E-state index contributed by atoms with van der Waals surface area (Å²) < 4.78 is 64.1. The van der Waals surface area contributed by atoms with Gasteiger partial charge in [0.1, 0.15) is 6.54 Å². The maximum Gasteiger partial charge on any atom is 0.417 e. The molecule has 10 heteroatoms. The number of halogens is 4. The number of fused-ring (bicyclic) bond motifs is 2. The van der Waals surface area contributed by atoms with Crippen LogP contribution in [0.15, 0.2) is 18.2 Å². The molecular formula is C17H20ClF3N2O3S. The van der Waals surface area contributed by atoms with Crippen LogP contribution in [0.5, 0.6) is 0 Å². The van der Waals surface area contributed by atoms with E-state index in [9.17, 15) is 26.4 Å². The molecule has 5 nitrogen and oxygen atoms in total.